The van der Waals surface area contributed by atoms with Crippen molar-refractivity contribution >= 4 is 52.7 Å². The van der Waals surface area contributed by atoms with E-state index in [-0.39, 0.29) is 54.2 Å². The van der Waals surface area contributed by atoms with Crippen LogP contribution >= 0.6 is 0 Å². The number of likely N-dealkylation sites (tertiary alicyclic amines) is 3. The fourth-order valence-electron chi connectivity index (χ4n) is 13.5. The third-order valence-corrected chi connectivity index (χ3v) is 18.6. The quantitative estimate of drug-likeness (QED) is 0.0307. The van der Waals surface area contributed by atoms with E-state index in [1.165, 1.54) is 16.7 Å². The van der Waals surface area contributed by atoms with Gasteiger partial charge in [-0.25, -0.2) is 4.79 Å². The standard InChI is InChI=1S/3C24H32N2O3.C6H8O7/c3*1-28-19-23(27)26(22-11-7-4-8-12-22)24(20-29-2)14-17-25(18-15-24)16-13-21-9-5-3-6-10-21;7-3(8)1-6(13,5(11)12)2-4(9)10/h3*3-12H,13-20H2,1-2H3;13H,1-2H2,(H,7,8)(H,9,10)(H,11,12). The second-order valence-corrected chi connectivity index (χ2v) is 25.7. The molecule has 0 saturated carbocycles. The van der Waals surface area contributed by atoms with Crippen LogP contribution in [0.5, 0.6) is 0 Å². The van der Waals surface area contributed by atoms with Crippen LogP contribution in [0.2, 0.25) is 0 Å². The molecule has 9 rings (SSSR count). The number of aliphatic hydroxyl groups is 1. The number of amides is 3. The number of hydrogen-bond donors (Lipinski definition) is 4. The summed E-state index contributed by atoms with van der Waals surface area (Å²) < 4.78 is 32.4. The minimum Gasteiger partial charge on any atom is -0.481 e. The number of carbonyl (C=O) groups excluding carboxylic acids is 3. The van der Waals surface area contributed by atoms with Crippen LogP contribution in [0.3, 0.4) is 0 Å². The van der Waals surface area contributed by atoms with Gasteiger partial charge in [0.15, 0.2) is 5.60 Å². The lowest BCUT2D eigenvalue weighted by molar-refractivity contribution is -0.170. The molecule has 0 atom stereocenters. The zero-order valence-electron chi connectivity index (χ0n) is 59.1. The van der Waals surface area contributed by atoms with Crippen LogP contribution in [0, 0.1) is 0 Å². The van der Waals surface area contributed by atoms with E-state index in [1.54, 1.807) is 42.7 Å². The normalized spacial score (nSPS) is 15.8. The van der Waals surface area contributed by atoms with Gasteiger partial charge in [0.2, 0.25) is 0 Å². The van der Waals surface area contributed by atoms with Gasteiger partial charge in [0.05, 0.1) is 49.3 Å². The first kappa shape index (κ1) is 80.7. The highest BCUT2D eigenvalue weighted by Gasteiger charge is 2.47. The molecule has 22 heteroatoms. The summed E-state index contributed by atoms with van der Waals surface area (Å²) >= 11 is 0. The Kier molecular flexibility index (Phi) is 34.0. The zero-order valence-corrected chi connectivity index (χ0v) is 59.1. The number of benzene rings is 6. The van der Waals surface area contributed by atoms with Crippen LogP contribution in [0.15, 0.2) is 182 Å². The largest absolute Gasteiger partial charge is 0.481 e. The molecule has 22 nitrogen and oxygen atoms in total. The van der Waals surface area contributed by atoms with Crippen LogP contribution in [0.1, 0.15) is 68.1 Å². The maximum absolute atomic E-state index is 13.0. The van der Waals surface area contributed by atoms with Crippen molar-refractivity contribution in [2.24, 2.45) is 0 Å². The molecule has 0 aromatic heterocycles. The van der Waals surface area contributed by atoms with Crippen LogP contribution < -0.4 is 14.7 Å². The molecular formula is C78H104N6O16. The highest BCUT2D eigenvalue weighted by molar-refractivity contribution is 5.97. The topological polar surface area (TPSA) is 258 Å². The van der Waals surface area contributed by atoms with Gasteiger partial charge in [0, 0.05) is 119 Å². The number of ether oxygens (including phenoxy) is 6. The van der Waals surface area contributed by atoms with Gasteiger partial charge in [-0.15, -0.1) is 0 Å². The minimum absolute atomic E-state index is 0.0199. The van der Waals surface area contributed by atoms with E-state index in [0.717, 1.165) is 134 Å². The summed E-state index contributed by atoms with van der Waals surface area (Å²) in [6.07, 6.45) is 6.10. The third kappa shape index (κ3) is 24.5. The van der Waals surface area contributed by atoms with Crippen molar-refractivity contribution in [1.82, 2.24) is 14.7 Å². The Morgan fingerprint density at radius 3 is 0.770 bits per heavy atom. The van der Waals surface area contributed by atoms with Crippen molar-refractivity contribution in [2.45, 2.75) is 92.8 Å². The molecule has 0 spiro atoms. The lowest BCUT2D eigenvalue weighted by atomic mass is 9.85. The maximum Gasteiger partial charge on any atom is 0.336 e. The summed E-state index contributed by atoms with van der Waals surface area (Å²) in [4.78, 5) is 82.9. The molecule has 0 radical (unpaired) electrons. The molecule has 100 heavy (non-hydrogen) atoms. The molecule has 0 unspecified atom stereocenters. The Labute approximate surface area is 589 Å². The highest BCUT2D eigenvalue weighted by atomic mass is 16.5. The van der Waals surface area contributed by atoms with Crippen molar-refractivity contribution in [1.29, 1.82) is 0 Å². The molecule has 6 aromatic rings. The zero-order chi connectivity index (χ0) is 72.2. The van der Waals surface area contributed by atoms with Crippen LogP contribution in [-0.4, -0.2) is 234 Å². The second-order valence-electron chi connectivity index (χ2n) is 25.7. The van der Waals surface area contributed by atoms with Crippen LogP contribution in [0.25, 0.3) is 0 Å². The van der Waals surface area contributed by atoms with Crippen LogP contribution in [0.4, 0.5) is 17.1 Å². The summed E-state index contributed by atoms with van der Waals surface area (Å²) in [6.45, 7) is 10.5. The molecule has 3 aliphatic heterocycles. The highest BCUT2D eigenvalue weighted by Crippen LogP contribution is 2.38. The van der Waals surface area contributed by atoms with E-state index in [2.05, 4.69) is 106 Å². The fourth-order valence-corrected chi connectivity index (χ4v) is 13.5. The van der Waals surface area contributed by atoms with Crippen molar-refractivity contribution < 1.29 is 77.6 Å². The van der Waals surface area contributed by atoms with Crippen molar-refractivity contribution in [3.05, 3.63) is 199 Å². The van der Waals surface area contributed by atoms with E-state index in [9.17, 15) is 28.8 Å². The van der Waals surface area contributed by atoms with E-state index in [0.29, 0.717) is 19.8 Å². The van der Waals surface area contributed by atoms with Gasteiger partial charge < -0.3 is 78.2 Å². The molecule has 3 fully saturated rings. The number of nitrogens with zero attached hydrogens (tertiary/aromatic N) is 6. The van der Waals surface area contributed by atoms with Gasteiger partial charge >= 0.3 is 17.9 Å². The molecule has 3 amide bonds. The molecule has 3 aliphatic rings. The van der Waals surface area contributed by atoms with E-state index < -0.39 is 36.4 Å². The van der Waals surface area contributed by atoms with Gasteiger partial charge in [-0.3, -0.25) is 24.0 Å². The Morgan fingerprint density at radius 1 is 0.360 bits per heavy atom. The number of rotatable bonds is 32. The Hall–Kier alpha value is -8.26. The fraction of sp³-hybridized carbons (Fsp3) is 0.462. The van der Waals surface area contributed by atoms with Gasteiger partial charge in [0.25, 0.3) is 17.7 Å². The number of carbonyl (C=O) groups is 6. The van der Waals surface area contributed by atoms with Crippen molar-refractivity contribution in [3.63, 3.8) is 0 Å². The minimum atomic E-state index is -2.74. The average Bonchev–Trinajstić information content (AvgIpc) is 0.790. The first-order chi connectivity index (χ1) is 48.3. The van der Waals surface area contributed by atoms with Gasteiger partial charge in [-0.1, -0.05) is 146 Å². The Bertz CT molecular complexity index is 3010. The van der Waals surface area contributed by atoms with Crippen molar-refractivity contribution in [2.75, 3.05) is 156 Å². The number of methoxy groups -OCH3 is 6. The number of carboxylic acid groups (broad SMARTS) is 3. The van der Waals surface area contributed by atoms with E-state index in [4.69, 9.17) is 48.8 Å². The third-order valence-electron chi connectivity index (χ3n) is 18.6. The molecule has 3 saturated heterocycles. The number of anilines is 3. The molecule has 4 N–H and O–H groups in total. The number of piperidine rings is 3. The predicted octanol–water partition coefficient (Wildman–Crippen LogP) is 8.92. The molecular weight excluding hydrogens is 1280 g/mol. The van der Waals surface area contributed by atoms with E-state index >= 15 is 0 Å². The number of carboxylic acids is 3. The molecule has 6 aromatic carbocycles. The second kappa shape index (κ2) is 42.1. The number of aliphatic carboxylic acids is 3. The lowest BCUT2D eigenvalue weighted by Crippen LogP contribution is -2.61. The first-order valence-electron chi connectivity index (χ1n) is 34.1. The molecule has 0 aliphatic carbocycles. The molecule has 0 bridgehead atoms. The first-order valence-corrected chi connectivity index (χ1v) is 34.1. The Morgan fingerprint density at radius 2 is 0.580 bits per heavy atom. The number of hydrogen-bond acceptors (Lipinski definition) is 16. The SMILES string of the molecule is COCC(=O)N(c1ccccc1)C1(COC)CCN(CCc2ccccc2)CC1.COCC(=O)N(c1ccccc1)C1(COC)CCN(CCc2ccccc2)CC1.COCC(=O)N(c1ccccc1)C1(COC)CCN(CCc2ccccc2)CC1.O=C(O)CC(O)(CC(=O)O)C(=O)O. The monoisotopic (exact) mass is 1380 g/mol. The average molecular weight is 1380 g/mol. The van der Waals surface area contributed by atoms with E-state index in [1.807, 2.05) is 106 Å². The predicted molar refractivity (Wildman–Crippen MR) is 386 cm³/mol. The summed E-state index contributed by atoms with van der Waals surface area (Å²) in [5.41, 5.74) is 3.02. The summed E-state index contributed by atoms with van der Waals surface area (Å²) in [6, 6.07) is 61.5. The van der Waals surface area contributed by atoms with Gasteiger partial charge in [-0.05, 0) is 111 Å². The smallest absolute Gasteiger partial charge is 0.336 e. The van der Waals surface area contributed by atoms with Gasteiger partial charge in [0.1, 0.15) is 19.8 Å². The molecule has 542 valence electrons. The van der Waals surface area contributed by atoms with Crippen molar-refractivity contribution in [3.8, 4) is 0 Å². The maximum atomic E-state index is 13.0. The number of para-hydroxylation sites is 3. The van der Waals surface area contributed by atoms with Crippen LogP contribution in [-0.2, 0) is 76.5 Å². The summed E-state index contributed by atoms with van der Waals surface area (Å²) in [5, 5.41) is 33.8. The Balaban J connectivity index is 0.000000217. The summed E-state index contributed by atoms with van der Waals surface area (Å²) in [5.74, 6) is -5.08. The lowest BCUT2D eigenvalue weighted by Gasteiger charge is -2.48. The summed E-state index contributed by atoms with van der Waals surface area (Å²) in [7, 11) is 9.84. The molecule has 3 heterocycles. The van der Waals surface area contributed by atoms with Gasteiger partial charge in [-0.2, -0.15) is 0 Å².